The summed E-state index contributed by atoms with van der Waals surface area (Å²) in [5.41, 5.74) is 3.20. The van der Waals surface area contributed by atoms with Gasteiger partial charge >= 0.3 is 0 Å². The summed E-state index contributed by atoms with van der Waals surface area (Å²) in [5.74, 6) is 0. The van der Waals surface area contributed by atoms with E-state index < -0.39 is 10.0 Å². The molecule has 0 aliphatic carbocycles. The standard InChI is InChI=1S/C19H19BrN4O3S/c1-12-10-15(6-9-18(12)20)24-19(25)17(13(2)23-24)11-22-14-4-7-16(8-5-14)28(26,27)21-3/h4-11,21,23H,1-3H3. The van der Waals surface area contributed by atoms with Crippen LogP contribution in [-0.4, -0.2) is 31.5 Å². The first-order chi connectivity index (χ1) is 13.2. The zero-order valence-corrected chi connectivity index (χ0v) is 17.9. The molecule has 28 heavy (non-hydrogen) atoms. The van der Waals surface area contributed by atoms with Crippen molar-refractivity contribution in [3.05, 3.63) is 74.1 Å². The van der Waals surface area contributed by atoms with Gasteiger partial charge in [0.05, 0.1) is 21.8 Å². The van der Waals surface area contributed by atoms with Gasteiger partial charge < -0.3 is 0 Å². The minimum absolute atomic E-state index is 0.153. The van der Waals surface area contributed by atoms with Gasteiger partial charge in [-0.1, -0.05) is 15.9 Å². The molecule has 3 aromatic rings. The van der Waals surface area contributed by atoms with Crippen LogP contribution >= 0.6 is 15.9 Å². The number of aryl methyl sites for hydroxylation is 2. The Morgan fingerprint density at radius 1 is 1.14 bits per heavy atom. The van der Waals surface area contributed by atoms with Crippen LogP contribution in [0.2, 0.25) is 0 Å². The van der Waals surface area contributed by atoms with Gasteiger partial charge in [0.2, 0.25) is 10.0 Å². The number of hydrogen-bond acceptors (Lipinski definition) is 4. The molecule has 7 nitrogen and oxygen atoms in total. The number of H-pyrrole nitrogens is 1. The van der Waals surface area contributed by atoms with E-state index in [0.29, 0.717) is 16.9 Å². The van der Waals surface area contributed by atoms with Gasteiger partial charge in [-0.25, -0.2) is 17.8 Å². The van der Waals surface area contributed by atoms with Crippen molar-refractivity contribution in [1.82, 2.24) is 14.5 Å². The second-order valence-electron chi connectivity index (χ2n) is 6.18. The molecule has 1 aromatic heterocycles. The van der Waals surface area contributed by atoms with E-state index in [2.05, 4.69) is 30.7 Å². The second kappa shape index (κ2) is 7.86. The Morgan fingerprint density at radius 3 is 2.43 bits per heavy atom. The van der Waals surface area contributed by atoms with E-state index >= 15 is 0 Å². The number of rotatable bonds is 5. The van der Waals surface area contributed by atoms with Gasteiger partial charge in [-0.05, 0) is 68.9 Å². The van der Waals surface area contributed by atoms with E-state index in [1.165, 1.54) is 30.1 Å². The number of aromatic nitrogens is 2. The third kappa shape index (κ3) is 4.01. The number of hydrogen-bond donors (Lipinski definition) is 2. The average molecular weight is 463 g/mol. The van der Waals surface area contributed by atoms with Crippen molar-refractivity contribution in [2.75, 3.05) is 7.05 Å². The zero-order valence-electron chi connectivity index (χ0n) is 15.5. The molecular formula is C19H19BrN4O3S. The fourth-order valence-electron chi connectivity index (χ4n) is 2.63. The maximum absolute atomic E-state index is 12.8. The lowest BCUT2D eigenvalue weighted by atomic mass is 10.2. The number of nitrogens with zero attached hydrogens (tertiary/aromatic N) is 2. The molecule has 3 rings (SSSR count). The summed E-state index contributed by atoms with van der Waals surface area (Å²) in [6.07, 6.45) is 1.48. The van der Waals surface area contributed by atoms with Crippen molar-refractivity contribution in [3.8, 4) is 5.69 Å². The Kier molecular flexibility index (Phi) is 5.69. The summed E-state index contributed by atoms with van der Waals surface area (Å²) in [5, 5.41) is 3.06. The van der Waals surface area contributed by atoms with Crippen LogP contribution in [0.15, 0.2) is 61.6 Å². The summed E-state index contributed by atoms with van der Waals surface area (Å²) in [4.78, 5) is 17.2. The van der Waals surface area contributed by atoms with Crippen LogP contribution in [0, 0.1) is 13.8 Å². The Morgan fingerprint density at radius 2 is 1.82 bits per heavy atom. The van der Waals surface area contributed by atoms with E-state index in [-0.39, 0.29) is 10.5 Å². The molecule has 0 bridgehead atoms. The molecule has 0 aliphatic heterocycles. The molecule has 0 radical (unpaired) electrons. The Labute approximate surface area is 171 Å². The normalized spacial score (nSPS) is 12.0. The van der Waals surface area contributed by atoms with Crippen LogP contribution in [0.5, 0.6) is 0 Å². The quantitative estimate of drug-likeness (QED) is 0.569. The summed E-state index contributed by atoms with van der Waals surface area (Å²) < 4.78 is 28.2. The fourth-order valence-corrected chi connectivity index (χ4v) is 3.61. The lowest BCUT2D eigenvalue weighted by Gasteiger charge is -2.04. The number of halogens is 1. The van der Waals surface area contributed by atoms with Gasteiger partial charge in [-0.2, -0.15) is 0 Å². The first-order valence-corrected chi connectivity index (χ1v) is 10.7. The zero-order chi connectivity index (χ0) is 20.5. The second-order valence-corrected chi connectivity index (χ2v) is 8.93. The van der Waals surface area contributed by atoms with Gasteiger partial charge in [0, 0.05) is 16.4 Å². The highest BCUT2D eigenvalue weighted by molar-refractivity contribution is 9.10. The third-order valence-corrected chi connectivity index (χ3v) is 6.60. The third-order valence-electron chi connectivity index (χ3n) is 4.28. The monoisotopic (exact) mass is 462 g/mol. The van der Waals surface area contributed by atoms with Gasteiger partial charge in [0.15, 0.2) is 0 Å². The van der Waals surface area contributed by atoms with Crippen LogP contribution in [0.1, 0.15) is 16.8 Å². The highest BCUT2D eigenvalue weighted by Gasteiger charge is 2.12. The molecular weight excluding hydrogens is 444 g/mol. The molecule has 2 aromatic carbocycles. The smallest absolute Gasteiger partial charge is 0.280 e. The molecule has 0 aliphatic rings. The van der Waals surface area contributed by atoms with Crippen LogP contribution in [-0.2, 0) is 10.0 Å². The van der Waals surface area contributed by atoms with E-state index in [9.17, 15) is 13.2 Å². The molecule has 0 amide bonds. The molecule has 0 unspecified atom stereocenters. The van der Waals surface area contributed by atoms with E-state index in [1.807, 2.05) is 25.1 Å². The van der Waals surface area contributed by atoms with Gasteiger partial charge in [-0.3, -0.25) is 14.9 Å². The van der Waals surface area contributed by atoms with E-state index in [0.717, 1.165) is 15.7 Å². The van der Waals surface area contributed by atoms with Crippen molar-refractivity contribution in [2.45, 2.75) is 18.7 Å². The number of aliphatic imine (C=N–C) groups is 1. The van der Waals surface area contributed by atoms with Crippen molar-refractivity contribution >= 4 is 37.9 Å². The average Bonchev–Trinajstić information content (AvgIpc) is 2.96. The maximum atomic E-state index is 12.8. The van der Waals surface area contributed by atoms with Gasteiger partial charge in [0.1, 0.15) is 0 Å². The van der Waals surface area contributed by atoms with Crippen molar-refractivity contribution in [2.24, 2.45) is 4.99 Å². The highest BCUT2D eigenvalue weighted by atomic mass is 79.9. The first-order valence-electron chi connectivity index (χ1n) is 8.39. The van der Waals surface area contributed by atoms with E-state index in [4.69, 9.17) is 0 Å². The number of aromatic amines is 1. The minimum Gasteiger partial charge on any atom is -0.295 e. The predicted molar refractivity (Wildman–Crippen MR) is 114 cm³/mol. The predicted octanol–water partition coefficient (Wildman–Crippen LogP) is 3.20. The number of sulfonamides is 1. The summed E-state index contributed by atoms with van der Waals surface area (Å²) >= 11 is 3.45. The van der Waals surface area contributed by atoms with Gasteiger partial charge in [0.25, 0.3) is 5.56 Å². The molecule has 0 atom stereocenters. The van der Waals surface area contributed by atoms with Crippen molar-refractivity contribution in [3.63, 3.8) is 0 Å². The van der Waals surface area contributed by atoms with Crippen LogP contribution in [0.25, 0.3) is 5.69 Å². The lowest BCUT2D eigenvalue weighted by molar-refractivity contribution is 0.588. The fraction of sp³-hybridized carbons (Fsp3) is 0.158. The molecule has 0 saturated carbocycles. The van der Waals surface area contributed by atoms with Crippen LogP contribution < -0.4 is 10.3 Å². The van der Waals surface area contributed by atoms with Crippen molar-refractivity contribution in [1.29, 1.82) is 0 Å². The molecule has 146 valence electrons. The molecule has 0 spiro atoms. The first kappa shape index (κ1) is 20.2. The van der Waals surface area contributed by atoms with Crippen molar-refractivity contribution < 1.29 is 8.42 Å². The van der Waals surface area contributed by atoms with Crippen LogP contribution in [0.4, 0.5) is 5.69 Å². The Balaban J connectivity index is 1.92. The summed E-state index contributed by atoms with van der Waals surface area (Å²) in [7, 11) is -2.14. The summed E-state index contributed by atoms with van der Waals surface area (Å²) in [6, 6.07) is 11.7. The summed E-state index contributed by atoms with van der Waals surface area (Å²) in [6.45, 7) is 3.75. The van der Waals surface area contributed by atoms with E-state index in [1.54, 1.807) is 19.1 Å². The minimum atomic E-state index is -3.49. The SMILES string of the molecule is CNS(=O)(=O)c1ccc(N=Cc2c(C)[nH]n(-c3ccc(Br)c(C)c3)c2=O)cc1. The lowest BCUT2D eigenvalue weighted by Crippen LogP contribution is -2.18. The van der Waals surface area contributed by atoms with Crippen LogP contribution in [0.3, 0.4) is 0 Å². The number of benzene rings is 2. The Hall–Kier alpha value is -2.49. The molecule has 0 fully saturated rings. The van der Waals surface area contributed by atoms with Gasteiger partial charge in [-0.15, -0.1) is 0 Å². The largest absolute Gasteiger partial charge is 0.295 e. The maximum Gasteiger partial charge on any atom is 0.280 e. The molecule has 1 heterocycles. The molecule has 2 N–H and O–H groups in total. The number of nitrogens with one attached hydrogen (secondary N) is 2. The Bertz CT molecular complexity index is 1210. The topological polar surface area (TPSA) is 96.3 Å². The molecule has 9 heteroatoms. The molecule has 0 saturated heterocycles. The highest BCUT2D eigenvalue weighted by Crippen LogP contribution is 2.19.